The van der Waals surface area contributed by atoms with E-state index in [4.69, 9.17) is 0 Å². The number of fused-ring (bicyclic) bond motifs is 4. The highest BCUT2D eigenvalue weighted by molar-refractivity contribution is 6.05. The lowest BCUT2D eigenvalue weighted by Gasteiger charge is -2.57. The smallest absolute Gasteiger partial charge is 0.165 e. The fourth-order valence-electron chi connectivity index (χ4n) is 7.65. The topological polar surface area (TPSA) is 37.3 Å². The van der Waals surface area contributed by atoms with E-state index in [-0.39, 0.29) is 11.5 Å². The van der Waals surface area contributed by atoms with Gasteiger partial charge in [-0.05, 0) is 97.7 Å². The first-order valence-corrected chi connectivity index (χ1v) is 11.4. The third-order valence-corrected chi connectivity index (χ3v) is 9.19. The molecule has 4 aliphatic carbocycles. The summed E-state index contributed by atoms with van der Waals surface area (Å²) in [5, 5.41) is 10.3. The van der Waals surface area contributed by atoms with Crippen LogP contribution in [0.1, 0.15) is 70.8 Å². The number of ketones is 1. The molecule has 4 saturated carbocycles. The minimum Gasteiger partial charge on any atom is -0.393 e. The minimum absolute atomic E-state index is 0.0971. The maximum absolute atomic E-state index is 13.4. The molecule has 0 amide bonds. The van der Waals surface area contributed by atoms with E-state index in [1.54, 1.807) is 0 Å². The molecule has 150 valence electrons. The highest BCUT2D eigenvalue weighted by Gasteiger charge is 2.59. The minimum atomic E-state index is -0.149. The molecule has 0 heterocycles. The summed E-state index contributed by atoms with van der Waals surface area (Å²) >= 11 is 0. The van der Waals surface area contributed by atoms with Crippen molar-refractivity contribution in [1.29, 1.82) is 0 Å². The molecule has 1 aromatic carbocycles. The van der Waals surface area contributed by atoms with Crippen LogP contribution in [0, 0.1) is 34.5 Å². The van der Waals surface area contributed by atoms with Crippen LogP contribution in [0.3, 0.4) is 0 Å². The zero-order valence-electron chi connectivity index (χ0n) is 17.4. The second kappa shape index (κ2) is 6.55. The highest BCUT2D eigenvalue weighted by atomic mass is 16.3. The Kier molecular flexibility index (Phi) is 4.36. The molecule has 0 bridgehead atoms. The van der Waals surface area contributed by atoms with Crippen molar-refractivity contribution < 1.29 is 9.90 Å². The summed E-state index contributed by atoms with van der Waals surface area (Å²) in [4.78, 5) is 13.4. The van der Waals surface area contributed by atoms with Gasteiger partial charge < -0.3 is 5.11 Å². The van der Waals surface area contributed by atoms with Gasteiger partial charge in [-0.3, -0.25) is 4.79 Å². The third kappa shape index (κ3) is 2.83. The van der Waals surface area contributed by atoms with Crippen molar-refractivity contribution in [2.45, 2.75) is 71.3 Å². The number of allylic oxidation sites excluding steroid dienone is 1. The second-order valence-corrected chi connectivity index (χ2v) is 10.8. The van der Waals surface area contributed by atoms with Crippen LogP contribution in [0.5, 0.6) is 0 Å². The zero-order chi connectivity index (χ0) is 19.5. The molecule has 5 rings (SSSR count). The van der Waals surface area contributed by atoms with Crippen molar-refractivity contribution >= 4 is 11.9 Å². The van der Waals surface area contributed by atoms with E-state index in [1.807, 2.05) is 6.07 Å². The van der Waals surface area contributed by atoms with E-state index in [9.17, 15) is 9.90 Å². The maximum atomic E-state index is 13.4. The van der Waals surface area contributed by atoms with Gasteiger partial charge in [0.2, 0.25) is 0 Å². The number of hydrogen-bond acceptors (Lipinski definition) is 2. The standard InChI is InChI=1S/C26H34O2/c1-25-15-18-10-11-26(2)23(22(18)14-20(25)8-9-21(27)16-25)13-19(24(26)28)12-17-6-4-3-5-7-17/h3-7,12,18,20-23,27H,8-11,13-16H2,1-2H3/b19-12+/t18-,20+,21+,22-,23+,25-,26+/m0/s1. The predicted molar refractivity (Wildman–Crippen MR) is 113 cm³/mol. The van der Waals surface area contributed by atoms with Gasteiger partial charge in [0.25, 0.3) is 0 Å². The first-order chi connectivity index (χ1) is 13.4. The van der Waals surface area contributed by atoms with Crippen molar-refractivity contribution in [2.24, 2.45) is 34.5 Å². The summed E-state index contributed by atoms with van der Waals surface area (Å²) < 4.78 is 0. The normalized spacial score (nSPS) is 46.8. The van der Waals surface area contributed by atoms with Gasteiger partial charge in [0.1, 0.15) is 0 Å². The number of aliphatic hydroxyl groups excluding tert-OH is 1. The number of rotatable bonds is 1. The maximum Gasteiger partial charge on any atom is 0.165 e. The van der Waals surface area contributed by atoms with E-state index in [1.165, 1.54) is 25.7 Å². The molecule has 0 aromatic heterocycles. The molecular formula is C26H34O2. The van der Waals surface area contributed by atoms with Crippen LogP contribution in [-0.2, 0) is 4.79 Å². The molecule has 1 N–H and O–H groups in total. The molecule has 2 heteroatoms. The lowest BCUT2D eigenvalue weighted by atomic mass is 9.48. The Morgan fingerprint density at radius 2 is 1.86 bits per heavy atom. The van der Waals surface area contributed by atoms with Gasteiger partial charge in [-0.25, -0.2) is 0 Å². The van der Waals surface area contributed by atoms with Crippen molar-refractivity contribution in [3.63, 3.8) is 0 Å². The van der Waals surface area contributed by atoms with Crippen LogP contribution in [0.25, 0.3) is 6.08 Å². The van der Waals surface area contributed by atoms with Crippen LogP contribution in [0.15, 0.2) is 35.9 Å². The molecule has 0 spiro atoms. The van der Waals surface area contributed by atoms with E-state index < -0.39 is 0 Å². The van der Waals surface area contributed by atoms with E-state index in [0.29, 0.717) is 23.0 Å². The number of hydrogen-bond donors (Lipinski definition) is 1. The van der Waals surface area contributed by atoms with E-state index in [0.717, 1.165) is 48.7 Å². The van der Waals surface area contributed by atoms with Gasteiger partial charge >= 0.3 is 0 Å². The van der Waals surface area contributed by atoms with Gasteiger partial charge in [-0.15, -0.1) is 0 Å². The van der Waals surface area contributed by atoms with Crippen molar-refractivity contribution in [3.8, 4) is 0 Å². The lowest BCUT2D eigenvalue weighted by molar-refractivity contribution is -0.133. The zero-order valence-corrected chi connectivity index (χ0v) is 17.4. The fourth-order valence-corrected chi connectivity index (χ4v) is 7.65. The van der Waals surface area contributed by atoms with Crippen molar-refractivity contribution in [1.82, 2.24) is 0 Å². The first-order valence-electron chi connectivity index (χ1n) is 11.4. The number of Topliss-reactive ketones (excluding diaryl/α,β-unsaturated/α-hetero) is 1. The van der Waals surface area contributed by atoms with Gasteiger partial charge in [-0.1, -0.05) is 44.2 Å². The highest BCUT2D eigenvalue weighted by Crippen LogP contribution is 2.64. The Hall–Kier alpha value is -1.41. The number of benzene rings is 1. The van der Waals surface area contributed by atoms with Crippen LogP contribution in [0.2, 0.25) is 0 Å². The predicted octanol–water partition coefficient (Wildman–Crippen LogP) is 5.65. The largest absolute Gasteiger partial charge is 0.393 e. The third-order valence-electron chi connectivity index (χ3n) is 9.19. The molecule has 4 fully saturated rings. The molecule has 7 atom stereocenters. The Morgan fingerprint density at radius 1 is 1.07 bits per heavy atom. The summed E-state index contributed by atoms with van der Waals surface area (Å²) in [7, 11) is 0. The first kappa shape index (κ1) is 18.6. The molecule has 0 aliphatic heterocycles. The number of carbonyl (C=O) groups is 1. The van der Waals surface area contributed by atoms with Crippen LogP contribution >= 0.6 is 0 Å². The average molecular weight is 379 g/mol. The summed E-state index contributed by atoms with van der Waals surface area (Å²) in [6.45, 7) is 4.70. The number of carbonyl (C=O) groups excluding carboxylic acids is 1. The second-order valence-electron chi connectivity index (χ2n) is 10.8. The molecule has 1 aromatic rings. The van der Waals surface area contributed by atoms with Crippen LogP contribution in [0.4, 0.5) is 0 Å². The fraction of sp³-hybridized carbons (Fsp3) is 0.654. The van der Waals surface area contributed by atoms with Gasteiger partial charge in [0.15, 0.2) is 5.78 Å². The number of aliphatic hydroxyl groups is 1. The molecular weight excluding hydrogens is 344 g/mol. The summed E-state index contributed by atoms with van der Waals surface area (Å²) in [6.07, 6.45) is 10.9. The quantitative estimate of drug-likeness (QED) is 0.641. The Labute approximate surface area is 169 Å². The van der Waals surface area contributed by atoms with Gasteiger partial charge in [-0.2, -0.15) is 0 Å². The Balaban J connectivity index is 1.43. The monoisotopic (exact) mass is 378 g/mol. The van der Waals surface area contributed by atoms with Gasteiger partial charge in [0.05, 0.1) is 6.10 Å². The van der Waals surface area contributed by atoms with Gasteiger partial charge in [0, 0.05) is 5.41 Å². The molecule has 2 nitrogen and oxygen atoms in total. The lowest BCUT2D eigenvalue weighted by Crippen LogP contribution is -2.50. The SMILES string of the molecule is C[C@]12C[C@H](O)CC[C@@H]1C[C@H]1[C@@H](CC[C@@]3(C)C(=O)/C(=C/c4ccccc4)C[C@H]13)C2. The summed E-state index contributed by atoms with van der Waals surface area (Å²) in [5.74, 6) is 3.11. The molecule has 0 radical (unpaired) electrons. The van der Waals surface area contributed by atoms with E-state index >= 15 is 0 Å². The Bertz CT molecular complexity index is 796. The molecule has 28 heavy (non-hydrogen) atoms. The molecule has 0 unspecified atom stereocenters. The summed E-state index contributed by atoms with van der Waals surface area (Å²) in [5.41, 5.74) is 2.38. The molecule has 4 aliphatic rings. The van der Waals surface area contributed by atoms with E-state index in [2.05, 4.69) is 44.2 Å². The van der Waals surface area contributed by atoms with Crippen molar-refractivity contribution in [2.75, 3.05) is 0 Å². The van der Waals surface area contributed by atoms with Crippen LogP contribution in [-0.4, -0.2) is 17.0 Å². The summed E-state index contributed by atoms with van der Waals surface area (Å²) in [6, 6.07) is 10.3. The molecule has 0 saturated heterocycles. The average Bonchev–Trinajstić information content (AvgIpc) is 2.92. The Morgan fingerprint density at radius 3 is 2.64 bits per heavy atom. The van der Waals surface area contributed by atoms with Crippen molar-refractivity contribution in [3.05, 3.63) is 41.5 Å². The van der Waals surface area contributed by atoms with Crippen LogP contribution < -0.4 is 0 Å².